The smallest absolute Gasteiger partial charge is 0.181 e. The minimum absolute atomic E-state index is 0.257. The van der Waals surface area contributed by atoms with Crippen molar-refractivity contribution in [2.75, 3.05) is 0 Å². The number of fused-ring (bicyclic) bond motifs is 2. The van der Waals surface area contributed by atoms with Crippen LogP contribution in [0.4, 0.5) is 4.39 Å². The first kappa shape index (κ1) is 19.6. The molecule has 0 aliphatic rings. The van der Waals surface area contributed by atoms with Crippen LogP contribution < -0.4 is 0 Å². The lowest BCUT2D eigenvalue weighted by Crippen LogP contribution is -1.85. The molecule has 0 radical (unpaired) electrons. The van der Waals surface area contributed by atoms with Crippen molar-refractivity contribution < 1.29 is 4.39 Å². The van der Waals surface area contributed by atoms with Gasteiger partial charge in [-0.15, -0.1) is 0 Å². The first-order valence-electron chi connectivity index (χ1n) is 10.2. The lowest BCUT2D eigenvalue weighted by molar-refractivity contribution is 0.628. The summed E-state index contributed by atoms with van der Waals surface area (Å²) in [5.41, 5.74) is 6.92. The van der Waals surface area contributed by atoms with E-state index in [0.29, 0.717) is 5.65 Å². The SMILES string of the molecule is C=N/C=C(\C=C/C)c1cnc2n[nH]c(-c3cc4c(-c5cccc(F)c5)cccc4[nH]3)c2c1. The highest BCUT2D eigenvalue weighted by molar-refractivity contribution is 6.01. The molecule has 0 aliphatic carbocycles. The van der Waals surface area contributed by atoms with Crippen molar-refractivity contribution in [1.29, 1.82) is 0 Å². The zero-order valence-electron chi connectivity index (χ0n) is 17.4. The number of H-pyrrole nitrogens is 2. The van der Waals surface area contributed by atoms with Crippen LogP contribution in [0.25, 0.3) is 50.0 Å². The van der Waals surface area contributed by atoms with Gasteiger partial charge in [-0.2, -0.15) is 5.10 Å². The van der Waals surface area contributed by atoms with Crippen LogP contribution in [-0.2, 0) is 0 Å². The van der Waals surface area contributed by atoms with E-state index < -0.39 is 0 Å². The van der Waals surface area contributed by atoms with Crippen LogP contribution in [0.2, 0.25) is 0 Å². The number of pyridine rings is 1. The van der Waals surface area contributed by atoms with Gasteiger partial charge in [0.1, 0.15) is 5.82 Å². The quantitative estimate of drug-likeness (QED) is 0.250. The molecule has 2 N–H and O–H groups in total. The Kier molecular flexibility index (Phi) is 4.95. The highest BCUT2D eigenvalue weighted by atomic mass is 19.1. The standard InChI is InChI=1S/C26H20FN5/c1-3-6-17(14-28-2)18-12-22-25(31-32-26(22)29-15-18)24-13-21-20(9-5-10-23(21)30-24)16-7-4-8-19(27)11-16/h3-15,30H,2H2,1H3,(H,29,31,32)/b6-3-,17-14+. The maximum absolute atomic E-state index is 13.8. The number of hydrogen-bond donors (Lipinski definition) is 2. The summed E-state index contributed by atoms with van der Waals surface area (Å²) >= 11 is 0. The summed E-state index contributed by atoms with van der Waals surface area (Å²) in [6.07, 6.45) is 7.39. The topological polar surface area (TPSA) is 69.7 Å². The second kappa shape index (κ2) is 8.07. The number of allylic oxidation sites excluding steroid dienone is 3. The summed E-state index contributed by atoms with van der Waals surface area (Å²) in [6.45, 7) is 5.51. The van der Waals surface area contributed by atoms with Crippen LogP contribution in [0.15, 0.2) is 84.1 Å². The molecule has 3 heterocycles. The molecular formula is C26H20FN5. The van der Waals surface area contributed by atoms with Crippen LogP contribution in [-0.4, -0.2) is 26.9 Å². The fourth-order valence-corrected chi connectivity index (χ4v) is 3.95. The van der Waals surface area contributed by atoms with Gasteiger partial charge in [0, 0.05) is 39.8 Å². The van der Waals surface area contributed by atoms with Crippen molar-refractivity contribution in [1.82, 2.24) is 20.2 Å². The Morgan fingerprint density at radius 1 is 1.09 bits per heavy atom. The van der Waals surface area contributed by atoms with E-state index in [1.165, 1.54) is 6.07 Å². The third-order valence-electron chi connectivity index (χ3n) is 5.39. The molecule has 0 fully saturated rings. The number of aromatic nitrogens is 4. The number of rotatable bonds is 5. The first-order chi connectivity index (χ1) is 15.7. The molecular weight excluding hydrogens is 401 g/mol. The average Bonchev–Trinajstić information content (AvgIpc) is 3.42. The van der Waals surface area contributed by atoms with Crippen LogP contribution in [0, 0.1) is 5.82 Å². The third-order valence-corrected chi connectivity index (χ3v) is 5.39. The van der Waals surface area contributed by atoms with Gasteiger partial charge < -0.3 is 4.98 Å². The molecule has 0 saturated heterocycles. The molecule has 0 spiro atoms. The number of aromatic amines is 2. The van der Waals surface area contributed by atoms with Crippen LogP contribution in [0.1, 0.15) is 12.5 Å². The summed E-state index contributed by atoms with van der Waals surface area (Å²) in [4.78, 5) is 11.9. The third kappa shape index (κ3) is 3.41. The summed E-state index contributed by atoms with van der Waals surface area (Å²) in [6, 6.07) is 16.7. The fourth-order valence-electron chi connectivity index (χ4n) is 3.95. The molecule has 156 valence electrons. The molecule has 0 saturated carbocycles. The van der Waals surface area contributed by atoms with Crippen LogP contribution >= 0.6 is 0 Å². The number of aliphatic imine (C=N–C) groups is 1. The van der Waals surface area contributed by atoms with Crippen LogP contribution in [0.3, 0.4) is 0 Å². The molecule has 6 heteroatoms. The van der Waals surface area contributed by atoms with Gasteiger partial charge in [-0.3, -0.25) is 10.1 Å². The van der Waals surface area contributed by atoms with Gasteiger partial charge in [0.25, 0.3) is 0 Å². The monoisotopic (exact) mass is 421 g/mol. The van der Waals surface area contributed by atoms with Crippen LogP contribution in [0.5, 0.6) is 0 Å². The molecule has 5 nitrogen and oxygen atoms in total. The Balaban J connectivity index is 1.66. The molecule has 2 aromatic carbocycles. The van der Waals surface area contributed by atoms with Gasteiger partial charge in [0.2, 0.25) is 0 Å². The first-order valence-corrected chi connectivity index (χ1v) is 10.2. The maximum atomic E-state index is 13.8. The van der Waals surface area contributed by atoms with Gasteiger partial charge in [-0.05, 0) is 55.1 Å². The number of nitrogens with zero attached hydrogens (tertiary/aromatic N) is 3. The highest BCUT2D eigenvalue weighted by Gasteiger charge is 2.15. The minimum Gasteiger partial charge on any atom is -0.353 e. The lowest BCUT2D eigenvalue weighted by Gasteiger charge is -2.03. The molecule has 5 rings (SSSR count). The summed E-state index contributed by atoms with van der Waals surface area (Å²) in [5.74, 6) is -0.257. The Labute approximate surface area is 184 Å². The van der Waals surface area contributed by atoms with Gasteiger partial charge in [0.05, 0.1) is 11.4 Å². The predicted molar refractivity (Wildman–Crippen MR) is 129 cm³/mol. The van der Waals surface area contributed by atoms with E-state index >= 15 is 0 Å². The van der Waals surface area contributed by atoms with Gasteiger partial charge in [-0.25, -0.2) is 9.37 Å². The van der Waals surface area contributed by atoms with Crippen molar-refractivity contribution in [3.05, 3.63) is 90.5 Å². The Morgan fingerprint density at radius 3 is 2.78 bits per heavy atom. The Bertz CT molecular complexity index is 1520. The summed E-state index contributed by atoms with van der Waals surface area (Å²) in [5, 5.41) is 9.38. The number of halogens is 1. The van der Waals surface area contributed by atoms with Gasteiger partial charge >= 0.3 is 0 Å². The van der Waals surface area contributed by atoms with E-state index in [4.69, 9.17) is 0 Å². The number of hydrogen-bond acceptors (Lipinski definition) is 3. The molecule has 0 unspecified atom stereocenters. The molecule has 32 heavy (non-hydrogen) atoms. The molecule has 0 bridgehead atoms. The van der Waals surface area contributed by atoms with Crippen molar-refractivity contribution in [3.63, 3.8) is 0 Å². The lowest BCUT2D eigenvalue weighted by atomic mass is 10.0. The van der Waals surface area contributed by atoms with Gasteiger partial charge in [0.15, 0.2) is 5.65 Å². The van der Waals surface area contributed by atoms with E-state index in [-0.39, 0.29) is 5.82 Å². The fraction of sp³-hybridized carbons (Fsp3) is 0.0385. The molecule has 5 aromatic rings. The van der Waals surface area contributed by atoms with Crippen molar-refractivity contribution in [3.8, 4) is 22.5 Å². The highest BCUT2D eigenvalue weighted by Crippen LogP contribution is 2.34. The zero-order chi connectivity index (χ0) is 22.1. The van der Waals surface area contributed by atoms with Crippen molar-refractivity contribution >= 4 is 34.2 Å². The number of nitrogens with one attached hydrogen (secondary N) is 2. The zero-order valence-corrected chi connectivity index (χ0v) is 17.4. The second-order valence-corrected chi connectivity index (χ2v) is 7.42. The Morgan fingerprint density at radius 2 is 1.97 bits per heavy atom. The second-order valence-electron chi connectivity index (χ2n) is 7.42. The summed E-state index contributed by atoms with van der Waals surface area (Å²) in [7, 11) is 0. The average molecular weight is 421 g/mol. The van der Waals surface area contributed by atoms with E-state index in [0.717, 1.165) is 49.9 Å². The predicted octanol–water partition coefficient (Wildman–Crippen LogP) is 6.53. The molecule has 0 atom stereocenters. The molecule has 0 amide bonds. The van der Waals surface area contributed by atoms with E-state index in [1.54, 1.807) is 24.5 Å². The molecule has 3 aromatic heterocycles. The molecule has 0 aliphatic heterocycles. The number of benzene rings is 2. The minimum atomic E-state index is -0.257. The van der Waals surface area contributed by atoms with E-state index in [9.17, 15) is 4.39 Å². The van der Waals surface area contributed by atoms with Gasteiger partial charge in [-0.1, -0.05) is 36.4 Å². The van der Waals surface area contributed by atoms with E-state index in [2.05, 4.69) is 37.9 Å². The largest absolute Gasteiger partial charge is 0.353 e. The summed E-state index contributed by atoms with van der Waals surface area (Å²) < 4.78 is 13.8. The van der Waals surface area contributed by atoms with Crippen molar-refractivity contribution in [2.24, 2.45) is 4.99 Å². The maximum Gasteiger partial charge on any atom is 0.181 e. The van der Waals surface area contributed by atoms with E-state index in [1.807, 2.05) is 49.4 Å². The Hall–Kier alpha value is -4.32. The normalized spacial score (nSPS) is 12.2. The van der Waals surface area contributed by atoms with Crippen molar-refractivity contribution in [2.45, 2.75) is 6.92 Å².